The molecule has 0 unspecified atom stereocenters. The van der Waals surface area contributed by atoms with Gasteiger partial charge in [-0.25, -0.2) is 0 Å². The van der Waals surface area contributed by atoms with Gasteiger partial charge in [0, 0.05) is 54.1 Å². The van der Waals surface area contributed by atoms with Crippen molar-refractivity contribution in [2.75, 3.05) is 13.1 Å². The zero-order valence-electron chi connectivity index (χ0n) is 18.1. The lowest BCUT2D eigenvalue weighted by atomic mass is 9.68. The molecule has 1 aromatic carbocycles. The molecule has 2 N–H and O–H groups in total. The number of benzene rings is 1. The molecular formula is C23H27Cl3N6O. The Bertz CT molecular complexity index is 1100. The van der Waals surface area contributed by atoms with Crippen LogP contribution in [0.4, 0.5) is 0 Å². The third-order valence-electron chi connectivity index (χ3n) is 6.89. The van der Waals surface area contributed by atoms with E-state index in [1.165, 1.54) is 5.56 Å². The Morgan fingerprint density at radius 1 is 1.03 bits per heavy atom. The van der Waals surface area contributed by atoms with E-state index in [0.717, 1.165) is 42.1 Å². The zero-order valence-corrected chi connectivity index (χ0v) is 20.5. The molecular weight excluding hydrogens is 483 g/mol. The number of amides is 1. The molecule has 3 aromatic rings. The number of carbonyl (C=O) groups excluding carboxylic acids is 1. The van der Waals surface area contributed by atoms with Crippen molar-refractivity contribution < 1.29 is 4.79 Å². The fourth-order valence-electron chi connectivity index (χ4n) is 5.07. The number of nitrogens with zero attached hydrogens (tertiary/aromatic N) is 5. The summed E-state index contributed by atoms with van der Waals surface area (Å²) in [6.45, 7) is 1.94. The summed E-state index contributed by atoms with van der Waals surface area (Å²) in [4.78, 5) is 19.3. The van der Waals surface area contributed by atoms with Crippen molar-refractivity contribution in [3.8, 4) is 11.4 Å². The molecule has 1 amide bonds. The van der Waals surface area contributed by atoms with Gasteiger partial charge in [-0.3, -0.25) is 9.78 Å². The van der Waals surface area contributed by atoms with Crippen LogP contribution in [0.25, 0.3) is 11.4 Å². The molecule has 0 saturated heterocycles. The van der Waals surface area contributed by atoms with Crippen molar-refractivity contribution in [1.29, 1.82) is 0 Å². The van der Waals surface area contributed by atoms with Gasteiger partial charge in [0.25, 0.3) is 5.91 Å². The van der Waals surface area contributed by atoms with E-state index in [-0.39, 0.29) is 42.2 Å². The SMILES string of the molecule is Cl.Cl.NC[C@]1(c2cccc(Cl)c2)CC[C@@H](N2CCn3c(nnc3-c3ccncc3)C2=O)CC1. The van der Waals surface area contributed by atoms with Gasteiger partial charge in [0.1, 0.15) is 0 Å². The van der Waals surface area contributed by atoms with E-state index in [1.54, 1.807) is 12.4 Å². The third-order valence-corrected chi connectivity index (χ3v) is 7.12. The van der Waals surface area contributed by atoms with Crippen molar-refractivity contribution in [3.05, 3.63) is 65.2 Å². The second-order valence-corrected chi connectivity index (χ2v) is 8.90. The number of hydrogen-bond acceptors (Lipinski definition) is 5. The van der Waals surface area contributed by atoms with Crippen LogP contribution in [0, 0.1) is 0 Å². The second kappa shape index (κ2) is 10.4. The molecule has 0 spiro atoms. The number of rotatable bonds is 4. The normalized spacial score (nSPS) is 22.2. The highest BCUT2D eigenvalue weighted by Gasteiger charge is 2.40. The van der Waals surface area contributed by atoms with Gasteiger partial charge in [0.05, 0.1) is 0 Å². The fraction of sp³-hybridized carbons (Fsp3) is 0.391. The molecule has 1 aliphatic carbocycles. The minimum absolute atomic E-state index is 0. The van der Waals surface area contributed by atoms with Gasteiger partial charge in [-0.15, -0.1) is 35.0 Å². The highest BCUT2D eigenvalue weighted by molar-refractivity contribution is 6.30. The van der Waals surface area contributed by atoms with Gasteiger partial charge < -0.3 is 15.2 Å². The van der Waals surface area contributed by atoms with E-state index in [4.69, 9.17) is 17.3 Å². The summed E-state index contributed by atoms with van der Waals surface area (Å²) in [7, 11) is 0. The lowest BCUT2D eigenvalue weighted by Gasteiger charge is -2.44. The van der Waals surface area contributed by atoms with Crippen molar-refractivity contribution in [1.82, 2.24) is 24.6 Å². The molecule has 10 heteroatoms. The van der Waals surface area contributed by atoms with Crippen LogP contribution in [0.3, 0.4) is 0 Å². The smallest absolute Gasteiger partial charge is 0.292 e. The Morgan fingerprint density at radius 2 is 1.73 bits per heavy atom. The number of aromatic nitrogens is 4. The van der Waals surface area contributed by atoms with Gasteiger partial charge in [-0.1, -0.05) is 23.7 Å². The molecule has 176 valence electrons. The Labute approximate surface area is 210 Å². The van der Waals surface area contributed by atoms with Crippen LogP contribution in [-0.2, 0) is 12.0 Å². The van der Waals surface area contributed by atoms with E-state index in [2.05, 4.69) is 21.2 Å². The van der Waals surface area contributed by atoms with Crippen LogP contribution in [0.15, 0.2) is 48.8 Å². The van der Waals surface area contributed by atoms with E-state index in [0.29, 0.717) is 25.5 Å². The first-order valence-corrected chi connectivity index (χ1v) is 11.1. The van der Waals surface area contributed by atoms with E-state index in [1.807, 2.05) is 39.8 Å². The summed E-state index contributed by atoms with van der Waals surface area (Å²) in [6.07, 6.45) is 7.15. The predicted octanol–water partition coefficient (Wildman–Crippen LogP) is 4.13. The number of hydrogen-bond donors (Lipinski definition) is 1. The molecule has 0 radical (unpaired) electrons. The Morgan fingerprint density at radius 3 is 2.39 bits per heavy atom. The summed E-state index contributed by atoms with van der Waals surface area (Å²) >= 11 is 6.23. The number of pyridine rings is 1. The summed E-state index contributed by atoms with van der Waals surface area (Å²) < 4.78 is 1.92. The standard InChI is InChI=1S/C23H25ClN6O.2ClH/c24-18-3-1-2-17(14-18)23(15-25)8-4-19(5-9-23)29-12-13-30-20(16-6-10-26-11-7-16)27-28-21(30)22(29)31;;/h1-3,6-7,10-11,14,19H,4-5,8-9,12-13,15,25H2;2*1H/t19-,23+;;. The van der Waals surface area contributed by atoms with Crippen LogP contribution >= 0.6 is 36.4 Å². The minimum Gasteiger partial charge on any atom is -0.331 e. The fourth-order valence-corrected chi connectivity index (χ4v) is 5.26. The first kappa shape index (κ1) is 25.4. The average Bonchev–Trinajstić information content (AvgIpc) is 3.25. The molecule has 5 rings (SSSR count). The Balaban J connectivity index is 0.00000153. The number of nitrogens with two attached hydrogens (primary N) is 1. The molecule has 7 nitrogen and oxygen atoms in total. The number of fused-ring (bicyclic) bond motifs is 1. The van der Waals surface area contributed by atoms with Gasteiger partial charge >= 0.3 is 0 Å². The summed E-state index contributed by atoms with van der Waals surface area (Å²) in [5.41, 5.74) is 8.29. The second-order valence-electron chi connectivity index (χ2n) is 8.46. The molecule has 3 heterocycles. The number of carbonyl (C=O) groups is 1. The van der Waals surface area contributed by atoms with Gasteiger partial charge in [-0.2, -0.15) is 0 Å². The van der Waals surface area contributed by atoms with Crippen molar-refractivity contribution in [3.63, 3.8) is 0 Å². The molecule has 1 saturated carbocycles. The first-order chi connectivity index (χ1) is 15.1. The van der Waals surface area contributed by atoms with Crippen LogP contribution in [0.2, 0.25) is 5.02 Å². The maximum atomic E-state index is 13.3. The van der Waals surface area contributed by atoms with Crippen LogP contribution in [0.1, 0.15) is 41.9 Å². The topological polar surface area (TPSA) is 89.9 Å². The van der Waals surface area contributed by atoms with Gasteiger partial charge in [-0.05, 0) is 55.5 Å². The highest BCUT2D eigenvalue weighted by atomic mass is 35.5. The molecule has 2 aromatic heterocycles. The highest BCUT2D eigenvalue weighted by Crippen LogP contribution is 2.41. The predicted molar refractivity (Wildman–Crippen MR) is 133 cm³/mol. The summed E-state index contributed by atoms with van der Waals surface area (Å²) in [5.74, 6) is 1.10. The third kappa shape index (κ3) is 4.60. The van der Waals surface area contributed by atoms with Gasteiger partial charge in [0.15, 0.2) is 5.82 Å². The minimum atomic E-state index is -0.0746. The van der Waals surface area contributed by atoms with Crippen LogP contribution in [-0.4, -0.2) is 49.7 Å². The maximum Gasteiger partial charge on any atom is 0.292 e. The van der Waals surface area contributed by atoms with E-state index in [9.17, 15) is 4.79 Å². The van der Waals surface area contributed by atoms with Crippen molar-refractivity contribution in [2.24, 2.45) is 5.73 Å². The quantitative estimate of drug-likeness (QED) is 0.571. The van der Waals surface area contributed by atoms with Crippen LogP contribution in [0.5, 0.6) is 0 Å². The Hall–Kier alpha value is -2.19. The molecule has 1 aliphatic heterocycles. The van der Waals surface area contributed by atoms with Gasteiger partial charge in [0.2, 0.25) is 5.82 Å². The largest absolute Gasteiger partial charge is 0.331 e. The van der Waals surface area contributed by atoms with Crippen LogP contribution < -0.4 is 5.73 Å². The van der Waals surface area contributed by atoms with E-state index >= 15 is 0 Å². The first-order valence-electron chi connectivity index (χ1n) is 10.7. The molecule has 1 fully saturated rings. The Kier molecular flexibility index (Phi) is 8.00. The zero-order chi connectivity index (χ0) is 21.4. The molecule has 2 aliphatic rings. The molecule has 33 heavy (non-hydrogen) atoms. The van der Waals surface area contributed by atoms with E-state index < -0.39 is 0 Å². The average molecular weight is 510 g/mol. The summed E-state index contributed by atoms with van der Waals surface area (Å²) in [6, 6.07) is 12.0. The lowest BCUT2D eigenvalue weighted by molar-refractivity contribution is 0.0523. The monoisotopic (exact) mass is 508 g/mol. The summed E-state index contributed by atoms with van der Waals surface area (Å²) in [5, 5.41) is 9.26. The molecule has 0 bridgehead atoms. The lowest BCUT2D eigenvalue weighted by Crippen LogP contribution is -2.50. The van der Waals surface area contributed by atoms with Crippen molar-refractivity contribution >= 4 is 42.3 Å². The number of halogens is 3. The molecule has 0 atom stereocenters. The van der Waals surface area contributed by atoms with Crippen molar-refractivity contribution in [2.45, 2.75) is 43.7 Å². The maximum absolute atomic E-state index is 13.3.